The van der Waals surface area contributed by atoms with E-state index in [9.17, 15) is 4.79 Å². The van der Waals surface area contributed by atoms with Gasteiger partial charge in [-0.3, -0.25) is 9.89 Å². The van der Waals surface area contributed by atoms with Crippen molar-refractivity contribution in [1.29, 1.82) is 0 Å². The summed E-state index contributed by atoms with van der Waals surface area (Å²) in [5, 5.41) is 16.0. The predicted octanol–water partition coefficient (Wildman–Crippen LogP) is 1.33. The van der Waals surface area contributed by atoms with E-state index in [0.717, 1.165) is 49.2 Å². The molecule has 2 heterocycles. The van der Waals surface area contributed by atoms with Gasteiger partial charge in [-0.1, -0.05) is 0 Å². The number of likely N-dealkylation sites (tertiary alicyclic amines) is 1. The number of rotatable bonds is 5. The standard InChI is InChI=1S/C14H23N3O2/c1-10-13(11(2)16-15-10)9-14(19)17-7-3-5-12(17)6-4-8-18/h12,18H,3-9H2,1-2H3,(H,15,16). The lowest BCUT2D eigenvalue weighted by molar-refractivity contribution is -0.131. The highest BCUT2D eigenvalue weighted by atomic mass is 16.3. The summed E-state index contributed by atoms with van der Waals surface area (Å²) >= 11 is 0. The van der Waals surface area contributed by atoms with E-state index < -0.39 is 0 Å². The zero-order valence-corrected chi connectivity index (χ0v) is 11.8. The number of hydrogen-bond donors (Lipinski definition) is 2. The molecule has 5 nitrogen and oxygen atoms in total. The first kappa shape index (κ1) is 14.1. The second kappa shape index (κ2) is 6.19. The van der Waals surface area contributed by atoms with Gasteiger partial charge in [0.1, 0.15) is 0 Å². The topological polar surface area (TPSA) is 69.2 Å². The Morgan fingerprint density at radius 3 is 2.95 bits per heavy atom. The highest BCUT2D eigenvalue weighted by Gasteiger charge is 2.28. The molecule has 1 aliphatic rings. The second-order valence-electron chi connectivity index (χ2n) is 5.34. The van der Waals surface area contributed by atoms with Crippen LogP contribution < -0.4 is 0 Å². The van der Waals surface area contributed by atoms with E-state index in [4.69, 9.17) is 5.11 Å². The normalized spacial score (nSPS) is 19.1. The highest BCUT2D eigenvalue weighted by molar-refractivity contribution is 5.79. The third kappa shape index (κ3) is 3.15. The van der Waals surface area contributed by atoms with Crippen LogP contribution in [0, 0.1) is 13.8 Å². The molecule has 0 bridgehead atoms. The van der Waals surface area contributed by atoms with Crippen LogP contribution in [0.25, 0.3) is 0 Å². The van der Waals surface area contributed by atoms with Crippen molar-refractivity contribution in [2.24, 2.45) is 0 Å². The second-order valence-corrected chi connectivity index (χ2v) is 5.34. The Morgan fingerprint density at radius 2 is 2.32 bits per heavy atom. The molecule has 0 spiro atoms. The van der Waals surface area contributed by atoms with Gasteiger partial charge in [0.15, 0.2) is 0 Å². The van der Waals surface area contributed by atoms with Crippen molar-refractivity contribution < 1.29 is 9.90 Å². The van der Waals surface area contributed by atoms with Crippen molar-refractivity contribution in [3.05, 3.63) is 17.0 Å². The Labute approximate surface area is 114 Å². The van der Waals surface area contributed by atoms with Gasteiger partial charge in [-0.05, 0) is 39.5 Å². The average Bonchev–Trinajstić information content (AvgIpc) is 2.97. The molecule has 5 heteroatoms. The van der Waals surface area contributed by atoms with Gasteiger partial charge in [0.2, 0.25) is 5.91 Å². The number of amides is 1. The lowest BCUT2D eigenvalue weighted by Gasteiger charge is -2.24. The lowest BCUT2D eigenvalue weighted by Crippen LogP contribution is -2.36. The Morgan fingerprint density at radius 1 is 1.53 bits per heavy atom. The molecular weight excluding hydrogens is 242 g/mol. The van der Waals surface area contributed by atoms with Gasteiger partial charge in [0.25, 0.3) is 0 Å². The first-order valence-electron chi connectivity index (χ1n) is 7.04. The minimum absolute atomic E-state index is 0.188. The van der Waals surface area contributed by atoms with E-state index in [1.165, 1.54) is 0 Å². The molecule has 0 aromatic carbocycles. The summed E-state index contributed by atoms with van der Waals surface area (Å²) in [7, 11) is 0. The molecular formula is C14H23N3O2. The molecule has 1 aromatic heterocycles. The van der Waals surface area contributed by atoms with Crippen LogP contribution in [0.2, 0.25) is 0 Å². The van der Waals surface area contributed by atoms with Gasteiger partial charge in [-0.15, -0.1) is 0 Å². The fraction of sp³-hybridized carbons (Fsp3) is 0.714. The van der Waals surface area contributed by atoms with Crippen LogP contribution in [0.15, 0.2) is 0 Å². The molecule has 2 rings (SSSR count). The molecule has 1 fully saturated rings. The molecule has 1 unspecified atom stereocenters. The lowest BCUT2D eigenvalue weighted by atomic mass is 10.1. The van der Waals surface area contributed by atoms with E-state index in [1.54, 1.807) is 0 Å². The van der Waals surface area contributed by atoms with E-state index in [2.05, 4.69) is 10.2 Å². The number of aromatic amines is 1. The van der Waals surface area contributed by atoms with Crippen LogP contribution in [0.4, 0.5) is 0 Å². The summed E-state index contributed by atoms with van der Waals surface area (Å²) in [6.45, 7) is 4.94. The molecule has 1 aromatic rings. The molecule has 1 aliphatic heterocycles. The quantitative estimate of drug-likeness (QED) is 0.844. The molecule has 0 aliphatic carbocycles. The Balaban J connectivity index is 1.99. The van der Waals surface area contributed by atoms with Crippen LogP contribution in [-0.2, 0) is 11.2 Å². The number of carbonyl (C=O) groups excluding carboxylic acids is 1. The minimum Gasteiger partial charge on any atom is -0.396 e. The monoisotopic (exact) mass is 265 g/mol. The maximum atomic E-state index is 12.4. The van der Waals surface area contributed by atoms with Gasteiger partial charge in [-0.2, -0.15) is 5.10 Å². The molecule has 2 N–H and O–H groups in total. The van der Waals surface area contributed by atoms with E-state index in [1.807, 2.05) is 18.7 Å². The van der Waals surface area contributed by atoms with E-state index in [0.29, 0.717) is 12.5 Å². The van der Waals surface area contributed by atoms with Crippen molar-refractivity contribution in [2.75, 3.05) is 13.2 Å². The van der Waals surface area contributed by atoms with E-state index in [-0.39, 0.29) is 12.5 Å². The number of nitrogens with zero attached hydrogens (tertiary/aromatic N) is 2. The minimum atomic E-state index is 0.188. The van der Waals surface area contributed by atoms with E-state index >= 15 is 0 Å². The smallest absolute Gasteiger partial charge is 0.227 e. The maximum absolute atomic E-state index is 12.4. The number of H-pyrrole nitrogens is 1. The molecule has 106 valence electrons. The SMILES string of the molecule is Cc1n[nH]c(C)c1CC(=O)N1CCCC1CCCO. The summed E-state index contributed by atoms with van der Waals surface area (Å²) in [5.74, 6) is 0.188. The maximum Gasteiger partial charge on any atom is 0.227 e. The van der Waals surface area contributed by atoms with Crippen molar-refractivity contribution in [3.63, 3.8) is 0 Å². The van der Waals surface area contributed by atoms with Gasteiger partial charge < -0.3 is 10.0 Å². The third-order valence-corrected chi connectivity index (χ3v) is 4.00. The molecule has 1 saturated heterocycles. The summed E-state index contributed by atoms with van der Waals surface area (Å²) < 4.78 is 0. The van der Waals surface area contributed by atoms with Crippen molar-refractivity contribution >= 4 is 5.91 Å². The molecule has 1 amide bonds. The molecule has 1 atom stereocenters. The number of hydrogen-bond acceptors (Lipinski definition) is 3. The Hall–Kier alpha value is -1.36. The largest absolute Gasteiger partial charge is 0.396 e. The van der Waals surface area contributed by atoms with Crippen LogP contribution in [0.1, 0.15) is 42.6 Å². The van der Waals surface area contributed by atoms with Crippen molar-refractivity contribution in [3.8, 4) is 0 Å². The number of aliphatic hydroxyl groups excluding tert-OH is 1. The molecule has 0 radical (unpaired) electrons. The van der Waals surface area contributed by atoms with Crippen LogP contribution in [0.3, 0.4) is 0 Å². The number of carbonyl (C=O) groups is 1. The predicted molar refractivity (Wildman–Crippen MR) is 72.8 cm³/mol. The number of aryl methyl sites for hydroxylation is 2. The van der Waals surface area contributed by atoms with Crippen LogP contribution in [-0.4, -0.2) is 45.3 Å². The van der Waals surface area contributed by atoms with Gasteiger partial charge >= 0.3 is 0 Å². The van der Waals surface area contributed by atoms with Gasteiger partial charge in [-0.25, -0.2) is 0 Å². The first-order valence-corrected chi connectivity index (χ1v) is 7.04. The zero-order chi connectivity index (χ0) is 13.8. The Bertz CT molecular complexity index is 422. The summed E-state index contributed by atoms with van der Waals surface area (Å²) in [4.78, 5) is 14.4. The van der Waals surface area contributed by atoms with Crippen LogP contribution in [0.5, 0.6) is 0 Å². The van der Waals surface area contributed by atoms with Crippen molar-refractivity contribution in [1.82, 2.24) is 15.1 Å². The van der Waals surface area contributed by atoms with Crippen LogP contribution >= 0.6 is 0 Å². The van der Waals surface area contributed by atoms with Gasteiger partial charge in [0, 0.05) is 30.5 Å². The van der Waals surface area contributed by atoms with Crippen molar-refractivity contribution in [2.45, 2.75) is 52.0 Å². The molecule has 0 saturated carbocycles. The Kier molecular flexibility index (Phi) is 4.58. The van der Waals surface area contributed by atoms with Gasteiger partial charge in [0.05, 0.1) is 12.1 Å². The summed E-state index contributed by atoms with van der Waals surface area (Å²) in [5.41, 5.74) is 2.92. The zero-order valence-electron chi connectivity index (χ0n) is 11.8. The fourth-order valence-electron chi connectivity index (χ4n) is 2.88. The highest BCUT2D eigenvalue weighted by Crippen LogP contribution is 2.23. The third-order valence-electron chi connectivity index (χ3n) is 4.00. The fourth-order valence-corrected chi connectivity index (χ4v) is 2.88. The summed E-state index contributed by atoms with van der Waals surface area (Å²) in [6.07, 6.45) is 4.26. The first-order chi connectivity index (χ1) is 9.13. The average molecular weight is 265 g/mol. The number of nitrogens with one attached hydrogen (secondary N) is 1. The number of aliphatic hydroxyl groups is 1. The molecule has 19 heavy (non-hydrogen) atoms. The number of aromatic nitrogens is 2. The summed E-state index contributed by atoms with van der Waals surface area (Å²) in [6, 6.07) is 0.312.